The zero-order chi connectivity index (χ0) is 50.9. The van der Waals surface area contributed by atoms with Gasteiger partial charge in [-0.25, -0.2) is 0 Å². The van der Waals surface area contributed by atoms with Gasteiger partial charge in [0.2, 0.25) is 0 Å². The molecule has 12 heteroatoms. The van der Waals surface area contributed by atoms with Gasteiger partial charge in [0, 0.05) is 74.5 Å². The summed E-state index contributed by atoms with van der Waals surface area (Å²) in [5.74, 6) is 0. The van der Waals surface area contributed by atoms with Crippen molar-refractivity contribution < 1.29 is 37.2 Å². The van der Waals surface area contributed by atoms with Crippen molar-refractivity contribution in [2.75, 3.05) is 52.9 Å². The second-order valence-electron chi connectivity index (χ2n) is 24.6. The van der Waals surface area contributed by atoms with E-state index in [1.807, 2.05) is 0 Å². The van der Waals surface area contributed by atoms with Gasteiger partial charge in [-0.15, -0.1) is 0 Å². The normalized spacial score (nSPS) is 19.6. The van der Waals surface area contributed by atoms with Crippen LogP contribution in [0.15, 0.2) is 84.9 Å². The fraction of sp³-hybridized carbons (Fsp3) is 0.567. The zero-order valence-corrected chi connectivity index (χ0v) is 45.8. The van der Waals surface area contributed by atoms with Crippen molar-refractivity contribution in [2.24, 2.45) is 21.7 Å². The van der Waals surface area contributed by atoms with Crippen molar-refractivity contribution in [3.8, 4) is 22.3 Å². The van der Waals surface area contributed by atoms with E-state index in [9.17, 15) is 0 Å². The summed E-state index contributed by atoms with van der Waals surface area (Å²) in [7, 11) is -1.52. The first-order chi connectivity index (χ1) is 34.5. The second-order valence-corrected chi connectivity index (χ2v) is 24.6. The van der Waals surface area contributed by atoms with Gasteiger partial charge in [0.05, 0.1) is 0 Å². The van der Waals surface area contributed by atoms with E-state index in [0.717, 1.165) is 23.8 Å². The van der Waals surface area contributed by atoms with Gasteiger partial charge in [0.25, 0.3) is 0 Å². The molecule has 4 aliphatic rings. The Morgan fingerprint density at radius 1 is 0.347 bits per heavy atom. The van der Waals surface area contributed by atoms with Crippen molar-refractivity contribution >= 4 is 60.7 Å². The van der Waals surface area contributed by atoms with E-state index >= 15 is 0 Å². The van der Waals surface area contributed by atoms with Crippen LogP contribution >= 0.6 is 0 Å². The molecule has 0 spiro atoms. The number of rotatable bonds is 17. The number of fused-ring (bicyclic) bond motifs is 2. The molecule has 0 aliphatic carbocycles. The summed E-state index contributed by atoms with van der Waals surface area (Å²) >= 11 is 0. The lowest BCUT2D eigenvalue weighted by molar-refractivity contribution is 0.00624. The summed E-state index contributed by atoms with van der Waals surface area (Å²) in [6.07, 6.45) is 15.2. The van der Waals surface area contributed by atoms with Crippen LogP contribution in [0.5, 0.6) is 0 Å². The molecule has 0 saturated carbocycles. The van der Waals surface area contributed by atoms with E-state index in [1.54, 1.807) is 0 Å². The Kier molecular flexibility index (Phi) is 18.6. The lowest BCUT2D eigenvalue weighted by Gasteiger charge is -2.38. The molecule has 4 aliphatic heterocycles. The predicted molar refractivity (Wildman–Crippen MR) is 302 cm³/mol. The number of hydrogen-bond donors (Lipinski definition) is 0. The van der Waals surface area contributed by atoms with Crippen molar-refractivity contribution in [3.63, 3.8) is 0 Å². The predicted octanol–water partition coefficient (Wildman–Crippen LogP) is 13.1. The van der Waals surface area contributed by atoms with Gasteiger partial charge < -0.3 is 37.2 Å². The van der Waals surface area contributed by atoms with E-state index in [4.69, 9.17) is 37.2 Å². The maximum Gasteiger partial charge on any atom is 0.493 e. The fourth-order valence-corrected chi connectivity index (χ4v) is 10.2. The van der Waals surface area contributed by atoms with Crippen LogP contribution in [-0.4, -0.2) is 81.1 Å². The standard InChI is InChI=1S/C50H64B2O4.C10H20B2O4/c1-7-9-11-13-15-17-37-19-23-39(24-20-37)47-43-29-27-42(52-55-35-50(5,6)36-56-52)32-46(43)48(40-25-21-38(22-26-40)18-16-14-12-10-8-2)44-30-28-41(31-45(44)47)51-53-33-49(3,4)34-54-51;1-9(2)5-13-11(14-6-9)12-15-7-10(3,4)8-16-12/h19-32H,7-18,33-36H2,1-6H3;5-8H2,1-4H3. The average molecular weight is 977 g/mol. The lowest BCUT2D eigenvalue weighted by atomic mass is 9.47. The number of aryl methyl sites for hydroxylation is 2. The summed E-state index contributed by atoms with van der Waals surface area (Å²) < 4.78 is 48.0. The summed E-state index contributed by atoms with van der Waals surface area (Å²) in [5, 5.41) is 4.88. The van der Waals surface area contributed by atoms with Gasteiger partial charge in [0.15, 0.2) is 0 Å². The molecule has 0 unspecified atom stereocenters. The molecule has 384 valence electrons. The molecule has 0 atom stereocenters. The Bertz CT molecular complexity index is 2310. The Morgan fingerprint density at radius 2 is 0.653 bits per heavy atom. The van der Waals surface area contributed by atoms with Crippen molar-refractivity contribution in [3.05, 3.63) is 96.1 Å². The molecular weight excluding hydrogens is 892 g/mol. The van der Waals surface area contributed by atoms with Crippen LogP contribution in [0.4, 0.5) is 0 Å². The summed E-state index contributed by atoms with van der Waals surface area (Å²) in [4.78, 5) is 0. The maximum atomic E-state index is 6.37. The molecule has 0 aromatic heterocycles. The van der Waals surface area contributed by atoms with E-state index in [0.29, 0.717) is 52.9 Å². The zero-order valence-electron chi connectivity index (χ0n) is 45.8. The minimum absolute atomic E-state index is 0.000514. The molecule has 0 amide bonds. The van der Waals surface area contributed by atoms with E-state index in [2.05, 4.69) is 154 Å². The highest BCUT2D eigenvalue weighted by atomic mass is 16.7. The van der Waals surface area contributed by atoms with E-state index in [-0.39, 0.29) is 35.7 Å². The van der Waals surface area contributed by atoms with Crippen molar-refractivity contribution in [1.82, 2.24) is 0 Å². The Morgan fingerprint density at radius 3 is 0.972 bits per heavy atom. The summed E-state index contributed by atoms with van der Waals surface area (Å²) in [5.41, 5.74) is 10.0. The first-order valence-corrected chi connectivity index (χ1v) is 27.7. The summed E-state index contributed by atoms with van der Waals surface area (Å²) in [6.45, 7) is 27.3. The third-order valence-corrected chi connectivity index (χ3v) is 14.6. The van der Waals surface area contributed by atoms with Gasteiger partial charge in [-0.2, -0.15) is 0 Å². The third kappa shape index (κ3) is 14.5. The van der Waals surface area contributed by atoms with Crippen molar-refractivity contribution in [2.45, 2.75) is 146 Å². The summed E-state index contributed by atoms with van der Waals surface area (Å²) in [6, 6.07) is 32.5. The molecule has 72 heavy (non-hydrogen) atoms. The highest BCUT2D eigenvalue weighted by molar-refractivity contribution is 7.10. The average Bonchev–Trinajstić information content (AvgIpc) is 3.36. The molecule has 0 N–H and O–H groups in total. The molecule has 0 bridgehead atoms. The highest BCUT2D eigenvalue weighted by Gasteiger charge is 2.47. The molecule has 0 radical (unpaired) electrons. The topological polar surface area (TPSA) is 73.8 Å². The number of unbranched alkanes of at least 4 members (excludes halogenated alkanes) is 8. The quantitative estimate of drug-likeness (QED) is 0.0518. The molecular formula is C60H84B4O8. The number of benzene rings is 5. The number of hydrogen-bond acceptors (Lipinski definition) is 8. The molecule has 5 aromatic rings. The Balaban J connectivity index is 0.000000367. The molecule has 8 nitrogen and oxygen atoms in total. The van der Waals surface area contributed by atoms with Crippen LogP contribution in [-0.2, 0) is 50.1 Å². The van der Waals surface area contributed by atoms with Gasteiger partial charge in [-0.05, 0) is 91.5 Å². The van der Waals surface area contributed by atoms with Crippen LogP contribution < -0.4 is 10.9 Å². The smallest absolute Gasteiger partial charge is 0.413 e. The SMILES string of the molecule is CC1(C)COB(B2OCC(C)(C)CO2)OC1.CCCCCCCc1ccc(-c2c3ccc(B4OCC(C)(C)CO4)cc3c(-c3ccc(CCCCCCC)cc3)c3ccc(B4OCC(C)(C)CO4)cc23)cc1. The Labute approximate surface area is 435 Å². The van der Waals surface area contributed by atoms with Crippen molar-refractivity contribution in [1.29, 1.82) is 0 Å². The van der Waals surface area contributed by atoms with Crippen LogP contribution in [0.2, 0.25) is 0 Å². The van der Waals surface area contributed by atoms with Gasteiger partial charge in [0.1, 0.15) is 0 Å². The molecule has 4 fully saturated rings. The molecule has 5 aromatic carbocycles. The van der Waals surface area contributed by atoms with Gasteiger partial charge in [-0.3, -0.25) is 0 Å². The monoisotopic (exact) mass is 977 g/mol. The first kappa shape index (κ1) is 54.8. The molecule has 4 saturated heterocycles. The molecule has 4 heterocycles. The third-order valence-electron chi connectivity index (χ3n) is 14.6. The minimum atomic E-state index is -0.390. The van der Waals surface area contributed by atoms with Crippen LogP contribution in [0.3, 0.4) is 0 Å². The molecule has 9 rings (SSSR count). The van der Waals surface area contributed by atoms with Crippen LogP contribution in [0, 0.1) is 21.7 Å². The largest absolute Gasteiger partial charge is 0.493 e. The highest BCUT2D eigenvalue weighted by Crippen LogP contribution is 2.44. The maximum absolute atomic E-state index is 6.37. The first-order valence-electron chi connectivity index (χ1n) is 27.7. The van der Waals surface area contributed by atoms with Crippen LogP contribution in [0.25, 0.3) is 43.8 Å². The second kappa shape index (κ2) is 24.5. The lowest BCUT2D eigenvalue weighted by Crippen LogP contribution is -2.56. The van der Waals surface area contributed by atoms with Gasteiger partial charge >= 0.3 is 28.3 Å². The van der Waals surface area contributed by atoms with Crippen LogP contribution in [0.1, 0.15) is 145 Å². The Hall–Kier alpha value is -3.44. The van der Waals surface area contributed by atoms with E-state index < -0.39 is 14.2 Å². The van der Waals surface area contributed by atoms with Gasteiger partial charge in [-0.1, -0.05) is 206 Å². The minimum Gasteiger partial charge on any atom is -0.413 e. The van der Waals surface area contributed by atoms with E-state index in [1.165, 1.54) is 119 Å². The fourth-order valence-electron chi connectivity index (χ4n) is 10.2.